The summed E-state index contributed by atoms with van der Waals surface area (Å²) in [5.41, 5.74) is 3.17. The van der Waals surface area contributed by atoms with E-state index in [0.29, 0.717) is 5.82 Å². The van der Waals surface area contributed by atoms with Crippen LogP contribution in [0.2, 0.25) is 0 Å². The van der Waals surface area contributed by atoms with Gasteiger partial charge in [-0.05, 0) is 29.3 Å². The van der Waals surface area contributed by atoms with E-state index in [2.05, 4.69) is 26.8 Å². The number of nitrogens with one attached hydrogen (secondary N) is 1. The number of fused-ring (bicyclic) bond motifs is 1. The van der Waals surface area contributed by atoms with Gasteiger partial charge in [-0.1, -0.05) is 18.2 Å². The third-order valence-corrected chi connectivity index (χ3v) is 3.31. The summed E-state index contributed by atoms with van der Waals surface area (Å²) in [5, 5.41) is 15.0. The van der Waals surface area contributed by atoms with Crippen LogP contribution in [-0.4, -0.2) is 32.5 Å². The second-order valence-electron chi connectivity index (χ2n) is 4.67. The zero-order chi connectivity index (χ0) is 13.2. The first kappa shape index (κ1) is 12.0. The summed E-state index contributed by atoms with van der Waals surface area (Å²) < 4.78 is 0. The van der Waals surface area contributed by atoms with Crippen LogP contribution in [0.1, 0.15) is 27.3 Å². The first-order chi connectivity index (χ1) is 9.24. The van der Waals surface area contributed by atoms with Crippen molar-refractivity contribution in [2.45, 2.75) is 19.4 Å². The van der Waals surface area contributed by atoms with E-state index < -0.39 is 0 Å². The molecule has 0 bridgehead atoms. The number of hydrogen-bond donors (Lipinski definition) is 1. The van der Waals surface area contributed by atoms with Gasteiger partial charge in [0.2, 0.25) is 0 Å². The Bertz CT molecular complexity index is 619. The average molecular weight is 257 g/mol. The van der Waals surface area contributed by atoms with Gasteiger partial charge in [0.25, 0.3) is 0 Å². The summed E-state index contributed by atoms with van der Waals surface area (Å²) in [4.78, 5) is 13.7. The number of aromatic nitrogens is 4. The number of Topliss-reactive ketones (excluding diaryl/α,β-unsaturated/α-hetero) is 1. The van der Waals surface area contributed by atoms with Crippen molar-refractivity contribution in [2.75, 3.05) is 6.54 Å². The molecule has 1 N–H and O–H groups in total. The van der Waals surface area contributed by atoms with Gasteiger partial charge in [-0.2, -0.15) is 4.80 Å². The normalized spacial score (nSPS) is 14.2. The molecule has 0 amide bonds. The van der Waals surface area contributed by atoms with E-state index in [9.17, 15) is 4.79 Å². The van der Waals surface area contributed by atoms with E-state index in [4.69, 9.17) is 0 Å². The number of hydrogen-bond acceptors (Lipinski definition) is 5. The van der Waals surface area contributed by atoms with Crippen LogP contribution in [0.15, 0.2) is 18.2 Å². The molecule has 2 aromatic rings. The third kappa shape index (κ3) is 2.39. The number of nitrogens with zero attached hydrogens (tertiary/aromatic N) is 4. The molecule has 1 aromatic heterocycles. The number of carbonyl (C=O) groups excluding carboxylic acids is 1. The van der Waals surface area contributed by atoms with Gasteiger partial charge in [0.1, 0.15) is 0 Å². The van der Waals surface area contributed by atoms with Gasteiger partial charge >= 0.3 is 0 Å². The van der Waals surface area contributed by atoms with E-state index >= 15 is 0 Å². The zero-order valence-corrected chi connectivity index (χ0v) is 10.8. The Kier molecular flexibility index (Phi) is 3.08. The number of carbonyl (C=O) groups is 1. The molecule has 0 radical (unpaired) electrons. The Labute approximate surface area is 110 Å². The van der Waals surface area contributed by atoms with Gasteiger partial charge in [-0.3, -0.25) is 4.79 Å². The number of aryl methyl sites for hydroxylation is 1. The second kappa shape index (κ2) is 4.89. The molecule has 0 saturated carbocycles. The zero-order valence-electron chi connectivity index (χ0n) is 10.8. The second-order valence-corrected chi connectivity index (χ2v) is 4.67. The average Bonchev–Trinajstić information content (AvgIpc) is 2.83. The maximum absolute atomic E-state index is 12.4. The molecule has 0 spiro atoms. The molecular formula is C13H15N5O. The summed E-state index contributed by atoms with van der Waals surface area (Å²) in [7, 11) is 1.69. The Hall–Kier alpha value is -2.08. The number of ketones is 1. The lowest BCUT2D eigenvalue weighted by Crippen LogP contribution is -2.25. The molecule has 0 saturated heterocycles. The Morgan fingerprint density at radius 2 is 2.37 bits per heavy atom. The van der Waals surface area contributed by atoms with Crippen LogP contribution >= 0.6 is 0 Å². The first-order valence-corrected chi connectivity index (χ1v) is 6.31. The Balaban J connectivity index is 1.87. The summed E-state index contributed by atoms with van der Waals surface area (Å²) in [6.45, 7) is 1.75. The molecule has 0 fully saturated rings. The van der Waals surface area contributed by atoms with Crippen molar-refractivity contribution in [3.63, 3.8) is 0 Å². The fraction of sp³-hybridized carbons (Fsp3) is 0.385. The van der Waals surface area contributed by atoms with E-state index in [1.54, 1.807) is 7.05 Å². The van der Waals surface area contributed by atoms with E-state index in [-0.39, 0.29) is 12.2 Å². The molecule has 1 aliphatic heterocycles. The maximum Gasteiger partial charge on any atom is 0.182 e. The van der Waals surface area contributed by atoms with Gasteiger partial charge in [-0.15, -0.1) is 10.2 Å². The number of tetrazole rings is 1. The van der Waals surface area contributed by atoms with Crippen LogP contribution in [-0.2, 0) is 26.4 Å². The van der Waals surface area contributed by atoms with Crippen molar-refractivity contribution in [3.05, 3.63) is 40.7 Å². The van der Waals surface area contributed by atoms with Gasteiger partial charge in [0.15, 0.2) is 11.6 Å². The van der Waals surface area contributed by atoms with Crippen molar-refractivity contribution in [1.29, 1.82) is 0 Å². The van der Waals surface area contributed by atoms with Crippen molar-refractivity contribution in [3.8, 4) is 0 Å². The molecular weight excluding hydrogens is 242 g/mol. The Morgan fingerprint density at radius 3 is 3.16 bits per heavy atom. The summed E-state index contributed by atoms with van der Waals surface area (Å²) in [5.74, 6) is 0.533. The maximum atomic E-state index is 12.4. The number of benzene rings is 1. The molecule has 1 aromatic carbocycles. The van der Waals surface area contributed by atoms with E-state index in [1.165, 1.54) is 10.4 Å². The predicted molar refractivity (Wildman–Crippen MR) is 68.7 cm³/mol. The quantitative estimate of drug-likeness (QED) is 0.800. The first-order valence-electron chi connectivity index (χ1n) is 6.31. The number of rotatable bonds is 3. The monoisotopic (exact) mass is 257 g/mol. The fourth-order valence-electron chi connectivity index (χ4n) is 2.43. The van der Waals surface area contributed by atoms with Gasteiger partial charge < -0.3 is 5.32 Å². The van der Waals surface area contributed by atoms with Crippen LogP contribution in [0.25, 0.3) is 0 Å². The highest BCUT2D eigenvalue weighted by molar-refractivity contribution is 5.98. The van der Waals surface area contributed by atoms with Crippen LogP contribution in [0.3, 0.4) is 0 Å². The van der Waals surface area contributed by atoms with Crippen LogP contribution in [0.4, 0.5) is 0 Å². The topological polar surface area (TPSA) is 72.7 Å². The van der Waals surface area contributed by atoms with Crippen LogP contribution < -0.4 is 5.32 Å². The minimum absolute atomic E-state index is 0.0618. The summed E-state index contributed by atoms with van der Waals surface area (Å²) >= 11 is 0. The van der Waals surface area contributed by atoms with Crippen molar-refractivity contribution in [1.82, 2.24) is 25.5 Å². The molecule has 0 aliphatic carbocycles. The molecule has 98 valence electrons. The molecule has 2 heterocycles. The molecule has 0 unspecified atom stereocenters. The van der Waals surface area contributed by atoms with Crippen LogP contribution in [0, 0.1) is 0 Å². The summed E-state index contributed by atoms with van der Waals surface area (Å²) in [6.07, 6.45) is 1.10. The Morgan fingerprint density at radius 1 is 1.47 bits per heavy atom. The largest absolute Gasteiger partial charge is 0.312 e. The standard InChI is InChI=1S/C13H15N5O/c1-18-16-13(15-17-18)7-12(19)11-4-2-3-9-8-14-6-5-10(9)11/h2-4,14H,5-8H2,1H3. The smallest absolute Gasteiger partial charge is 0.182 e. The lowest BCUT2D eigenvalue weighted by molar-refractivity contribution is 0.0989. The van der Waals surface area contributed by atoms with E-state index in [0.717, 1.165) is 30.6 Å². The van der Waals surface area contributed by atoms with Crippen LogP contribution in [0.5, 0.6) is 0 Å². The summed E-state index contributed by atoms with van der Waals surface area (Å²) in [6, 6.07) is 5.89. The highest BCUT2D eigenvalue weighted by atomic mass is 16.1. The minimum Gasteiger partial charge on any atom is -0.312 e. The molecule has 6 nitrogen and oxygen atoms in total. The minimum atomic E-state index is 0.0618. The van der Waals surface area contributed by atoms with Gasteiger partial charge in [-0.25, -0.2) is 0 Å². The molecule has 19 heavy (non-hydrogen) atoms. The molecule has 0 atom stereocenters. The van der Waals surface area contributed by atoms with Crippen molar-refractivity contribution >= 4 is 5.78 Å². The highest BCUT2D eigenvalue weighted by Crippen LogP contribution is 2.19. The van der Waals surface area contributed by atoms with Crippen molar-refractivity contribution in [2.24, 2.45) is 7.05 Å². The predicted octanol–water partition coefficient (Wildman–Crippen LogP) is 0.281. The third-order valence-electron chi connectivity index (χ3n) is 3.31. The molecule has 1 aliphatic rings. The SMILES string of the molecule is Cn1nnc(CC(=O)c2cccc3c2CCNC3)n1. The van der Waals surface area contributed by atoms with E-state index in [1.807, 2.05) is 12.1 Å². The lowest BCUT2D eigenvalue weighted by atomic mass is 9.92. The van der Waals surface area contributed by atoms with Gasteiger partial charge in [0.05, 0.1) is 13.5 Å². The molecule has 6 heteroatoms. The highest BCUT2D eigenvalue weighted by Gasteiger charge is 2.18. The van der Waals surface area contributed by atoms with Gasteiger partial charge in [0, 0.05) is 12.1 Å². The van der Waals surface area contributed by atoms with Crippen molar-refractivity contribution < 1.29 is 4.79 Å². The molecule has 3 rings (SSSR count). The fourth-order valence-corrected chi connectivity index (χ4v) is 2.43. The lowest BCUT2D eigenvalue weighted by Gasteiger charge is -2.19.